The molecule has 2 aliphatic rings. The first kappa shape index (κ1) is 15.4. The van der Waals surface area contributed by atoms with Gasteiger partial charge in [-0.05, 0) is 18.2 Å². The number of aromatic nitrogens is 1. The van der Waals surface area contributed by atoms with Gasteiger partial charge in [0.1, 0.15) is 18.2 Å². The van der Waals surface area contributed by atoms with Gasteiger partial charge in [0.2, 0.25) is 5.91 Å². The zero-order valence-corrected chi connectivity index (χ0v) is 14.0. The number of ether oxygens (including phenoxy) is 3. The molecule has 6 nitrogen and oxygen atoms in total. The van der Waals surface area contributed by atoms with E-state index in [1.165, 1.54) is 11.3 Å². The Bertz CT molecular complexity index is 740. The van der Waals surface area contributed by atoms with Gasteiger partial charge in [0.05, 0.1) is 25.3 Å². The summed E-state index contributed by atoms with van der Waals surface area (Å²) in [7, 11) is 0. The van der Waals surface area contributed by atoms with Crippen LogP contribution in [0.25, 0.3) is 11.3 Å². The highest BCUT2D eigenvalue weighted by Gasteiger charge is 2.19. The maximum Gasteiger partial charge on any atom is 0.229 e. The topological polar surface area (TPSA) is 60.9 Å². The maximum atomic E-state index is 12.3. The Morgan fingerprint density at radius 2 is 1.92 bits per heavy atom. The van der Waals surface area contributed by atoms with Gasteiger partial charge < -0.3 is 19.1 Å². The average molecular weight is 346 g/mol. The highest BCUT2D eigenvalue weighted by Crippen LogP contribution is 2.34. The molecule has 24 heavy (non-hydrogen) atoms. The third-order valence-electron chi connectivity index (χ3n) is 4.06. The van der Waals surface area contributed by atoms with Gasteiger partial charge >= 0.3 is 0 Å². The summed E-state index contributed by atoms with van der Waals surface area (Å²) in [5, 5.41) is 2.81. The van der Waals surface area contributed by atoms with Gasteiger partial charge in [-0.25, -0.2) is 4.98 Å². The molecule has 0 aliphatic carbocycles. The fourth-order valence-electron chi connectivity index (χ4n) is 2.78. The number of hydrogen-bond donors (Lipinski definition) is 0. The predicted molar refractivity (Wildman–Crippen MR) is 89.6 cm³/mol. The number of rotatable bonds is 3. The highest BCUT2D eigenvalue weighted by atomic mass is 32.1. The summed E-state index contributed by atoms with van der Waals surface area (Å²) in [5.74, 6) is 1.63. The van der Waals surface area contributed by atoms with E-state index in [9.17, 15) is 4.79 Å². The molecule has 0 unspecified atom stereocenters. The Labute approximate surface area is 144 Å². The van der Waals surface area contributed by atoms with Crippen LogP contribution >= 0.6 is 11.3 Å². The summed E-state index contributed by atoms with van der Waals surface area (Å²) in [6.07, 6.45) is 0.342. The Kier molecular flexibility index (Phi) is 4.36. The molecule has 0 atom stereocenters. The van der Waals surface area contributed by atoms with Crippen molar-refractivity contribution in [3.63, 3.8) is 0 Å². The second kappa shape index (κ2) is 6.78. The largest absolute Gasteiger partial charge is 0.486 e. The second-order valence-corrected chi connectivity index (χ2v) is 6.60. The minimum Gasteiger partial charge on any atom is -0.486 e. The van der Waals surface area contributed by atoms with Crippen LogP contribution in [0.5, 0.6) is 11.5 Å². The SMILES string of the molecule is O=C(Cc1nc(-c2ccc3c(c2)OCCO3)cs1)N1CCOCC1. The van der Waals surface area contributed by atoms with Gasteiger partial charge in [0.15, 0.2) is 11.5 Å². The summed E-state index contributed by atoms with van der Waals surface area (Å²) in [6.45, 7) is 3.71. The van der Waals surface area contributed by atoms with Crippen molar-refractivity contribution in [1.29, 1.82) is 0 Å². The molecule has 1 amide bonds. The van der Waals surface area contributed by atoms with E-state index in [4.69, 9.17) is 14.2 Å². The van der Waals surface area contributed by atoms with E-state index in [2.05, 4.69) is 4.98 Å². The third kappa shape index (κ3) is 3.22. The van der Waals surface area contributed by atoms with Crippen LogP contribution in [0.1, 0.15) is 5.01 Å². The van der Waals surface area contributed by atoms with E-state index in [1.807, 2.05) is 28.5 Å². The van der Waals surface area contributed by atoms with Crippen molar-refractivity contribution in [3.05, 3.63) is 28.6 Å². The van der Waals surface area contributed by atoms with Crippen molar-refractivity contribution < 1.29 is 19.0 Å². The second-order valence-electron chi connectivity index (χ2n) is 5.65. The van der Waals surface area contributed by atoms with Crippen molar-refractivity contribution in [2.24, 2.45) is 0 Å². The Morgan fingerprint density at radius 3 is 2.75 bits per heavy atom. The molecule has 0 radical (unpaired) electrons. The van der Waals surface area contributed by atoms with Crippen molar-refractivity contribution in [1.82, 2.24) is 9.88 Å². The number of amides is 1. The number of nitrogens with zero attached hydrogens (tertiary/aromatic N) is 2. The lowest BCUT2D eigenvalue weighted by Gasteiger charge is -2.26. The van der Waals surface area contributed by atoms with E-state index in [1.54, 1.807) is 0 Å². The Morgan fingerprint density at radius 1 is 1.12 bits per heavy atom. The number of morpholine rings is 1. The molecular formula is C17H18N2O4S. The van der Waals surface area contributed by atoms with Crippen LogP contribution in [0.4, 0.5) is 0 Å². The van der Waals surface area contributed by atoms with Gasteiger partial charge in [-0.3, -0.25) is 4.79 Å². The zero-order chi connectivity index (χ0) is 16.4. The van der Waals surface area contributed by atoms with Crippen LogP contribution in [-0.2, 0) is 16.0 Å². The zero-order valence-electron chi connectivity index (χ0n) is 13.2. The van der Waals surface area contributed by atoms with Crippen LogP contribution < -0.4 is 9.47 Å². The molecular weight excluding hydrogens is 328 g/mol. The lowest BCUT2D eigenvalue weighted by molar-refractivity contribution is -0.134. The first-order valence-electron chi connectivity index (χ1n) is 7.99. The number of carbonyl (C=O) groups excluding carboxylic acids is 1. The lowest BCUT2D eigenvalue weighted by Crippen LogP contribution is -2.41. The van der Waals surface area contributed by atoms with Gasteiger partial charge in [-0.15, -0.1) is 11.3 Å². The van der Waals surface area contributed by atoms with E-state index >= 15 is 0 Å². The monoisotopic (exact) mass is 346 g/mol. The van der Waals surface area contributed by atoms with Gasteiger partial charge in [0.25, 0.3) is 0 Å². The molecule has 7 heteroatoms. The lowest BCUT2D eigenvalue weighted by atomic mass is 10.1. The summed E-state index contributed by atoms with van der Waals surface area (Å²) in [4.78, 5) is 18.8. The molecule has 2 aromatic rings. The van der Waals surface area contributed by atoms with Gasteiger partial charge in [-0.1, -0.05) is 0 Å². The number of carbonyl (C=O) groups is 1. The molecule has 0 saturated carbocycles. The minimum atomic E-state index is 0.112. The minimum absolute atomic E-state index is 0.112. The van der Waals surface area contributed by atoms with Crippen LogP contribution in [-0.4, -0.2) is 55.3 Å². The molecule has 3 heterocycles. The molecule has 4 rings (SSSR count). The summed E-state index contributed by atoms with van der Waals surface area (Å²) in [5.41, 5.74) is 1.84. The number of benzene rings is 1. The Hall–Kier alpha value is -2.12. The van der Waals surface area contributed by atoms with Crippen molar-refractivity contribution in [2.45, 2.75) is 6.42 Å². The van der Waals surface area contributed by atoms with Gasteiger partial charge in [0, 0.05) is 24.0 Å². The Balaban J connectivity index is 1.47. The number of fused-ring (bicyclic) bond motifs is 1. The van der Waals surface area contributed by atoms with Crippen LogP contribution in [0.3, 0.4) is 0 Å². The molecule has 1 aromatic heterocycles. The first-order chi connectivity index (χ1) is 11.8. The molecule has 0 N–H and O–H groups in total. The predicted octanol–water partition coefficient (Wildman–Crippen LogP) is 1.98. The molecule has 126 valence electrons. The molecule has 1 aromatic carbocycles. The van der Waals surface area contributed by atoms with E-state index in [0.29, 0.717) is 45.9 Å². The highest BCUT2D eigenvalue weighted by molar-refractivity contribution is 7.10. The van der Waals surface area contributed by atoms with Crippen LogP contribution in [0, 0.1) is 0 Å². The van der Waals surface area contributed by atoms with Crippen molar-refractivity contribution in [2.75, 3.05) is 39.5 Å². The fourth-order valence-corrected chi connectivity index (χ4v) is 3.58. The van der Waals surface area contributed by atoms with Crippen molar-refractivity contribution in [3.8, 4) is 22.8 Å². The smallest absolute Gasteiger partial charge is 0.229 e. The van der Waals surface area contributed by atoms with E-state index < -0.39 is 0 Å². The summed E-state index contributed by atoms with van der Waals surface area (Å²) >= 11 is 1.51. The molecule has 1 saturated heterocycles. The van der Waals surface area contributed by atoms with Gasteiger partial charge in [-0.2, -0.15) is 0 Å². The van der Waals surface area contributed by atoms with Crippen LogP contribution in [0.15, 0.2) is 23.6 Å². The quantitative estimate of drug-likeness (QED) is 0.850. The summed E-state index contributed by atoms with van der Waals surface area (Å²) in [6, 6.07) is 5.81. The first-order valence-corrected chi connectivity index (χ1v) is 8.87. The normalized spacial score (nSPS) is 16.9. The standard InChI is InChI=1S/C17H18N2O4S/c20-17(19-3-5-21-6-4-19)10-16-18-13(11-24-16)12-1-2-14-15(9-12)23-8-7-22-14/h1-2,9,11H,3-8,10H2. The van der Waals surface area contributed by atoms with Crippen LogP contribution in [0.2, 0.25) is 0 Å². The van der Waals surface area contributed by atoms with E-state index in [-0.39, 0.29) is 5.91 Å². The summed E-state index contributed by atoms with van der Waals surface area (Å²) < 4.78 is 16.4. The average Bonchev–Trinajstić information content (AvgIpc) is 3.10. The molecule has 0 bridgehead atoms. The van der Waals surface area contributed by atoms with E-state index in [0.717, 1.165) is 27.8 Å². The number of hydrogen-bond acceptors (Lipinski definition) is 6. The molecule has 1 fully saturated rings. The third-order valence-corrected chi connectivity index (χ3v) is 4.90. The molecule has 2 aliphatic heterocycles. The maximum absolute atomic E-state index is 12.3. The fraction of sp³-hybridized carbons (Fsp3) is 0.412. The van der Waals surface area contributed by atoms with Crippen molar-refractivity contribution >= 4 is 17.2 Å². The number of thiazole rings is 1. The molecule has 0 spiro atoms.